The van der Waals surface area contributed by atoms with E-state index in [2.05, 4.69) is 4.99 Å². The van der Waals surface area contributed by atoms with Gasteiger partial charge in [-0.3, -0.25) is 4.79 Å². The van der Waals surface area contributed by atoms with Crippen LogP contribution in [0.4, 0.5) is 0 Å². The number of aliphatic carboxylic acids is 1. The minimum atomic E-state index is -0.931. The van der Waals surface area contributed by atoms with Crippen molar-refractivity contribution in [3.05, 3.63) is 11.6 Å². The lowest BCUT2D eigenvalue weighted by Crippen LogP contribution is -2.41. The van der Waals surface area contributed by atoms with E-state index in [0.717, 1.165) is 5.57 Å². The van der Waals surface area contributed by atoms with E-state index < -0.39 is 24.0 Å². The van der Waals surface area contributed by atoms with Gasteiger partial charge in [-0.15, -0.1) is 0 Å². The fourth-order valence-electron chi connectivity index (χ4n) is 2.55. The van der Waals surface area contributed by atoms with E-state index in [-0.39, 0.29) is 32.1 Å². The van der Waals surface area contributed by atoms with Crippen molar-refractivity contribution >= 4 is 11.9 Å². The number of nitrogens with two attached hydrogens (primary N) is 1. The zero-order valence-corrected chi connectivity index (χ0v) is 13.4. The molecule has 0 bridgehead atoms. The first-order valence-corrected chi connectivity index (χ1v) is 7.75. The molecule has 0 amide bonds. The predicted molar refractivity (Wildman–Crippen MR) is 85.9 cm³/mol. The first-order valence-electron chi connectivity index (χ1n) is 7.75. The molecular weight excluding hydrogens is 302 g/mol. The molecule has 0 saturated heterocycles. The lowest BCUT2D eigenvalue weighted by atomic mass is 9.94. The standard InChI is InChI=1S/C15H27N3O5/c1-10(9-20)3-2-4-12(14(22)23)13-8-18(15(16)17-13)7-11(21)5-6-19/h3,11-13,19-21H,2,4-9H2,1H3,(H2,16,17)(H,22,23). The molecular formula is C15H27N3O5. The van der Waals surface area contributed by atoms with Gasteiger partial charge in [-0.25, -0.2) is 4.99 Å². The van der Waals surface area contributed by atoms with Crippen molar-refractivity contribution in [3.63, 3.8) is 0 Å². The van der Waals surface area contributed by atoms with Crippen molar-refractivity contribution in [1.82, 2.24) is 4.90 Å². The average molecular weight is 329 g/mol. The summed E-state index contributed by atoms with van der Waals surface area (Å²) in [5, 5.41) is 36.9. The van der Waals surface area contributed by atoms with Crippen LogP contribution in [-0.4, -0.2) is 75.7 Å². The Morgan fingerprint density at radius 2 is 2.17 bits per heavy atom. The van der Waals surface area contributed by atoms with Gasteiger partial charge in [-0.1, -0.05) is 11.6 Å². The number of aliphatic imine (C=N–C) groups is 1. The summed E-state index contributed by atoms with van der Waals surface area (Å²) in [5.74, 6) is -1.38. The summed E-state index contributed by atoms with van der Waals surface area (Å²) < 4.78 is 0. The third-order valence-corrected chi connectivity index (χ3v) is 3.92. The molecule has 1 aliphatic heterocycles. The Labute approximate surface area is 135 Å². The van der Waals surface area contributed by atoms with Gasteiger partial charge in [0, 0.05) is 19.7 Å². The SMILES string of the molecule is CC(=CCCC(C(=O)O)C1CN(CC(O)CCO)C(N)=N1)CO. The maximum absolute atomic E-state index is 11.5. The van der Waals surface area contributed by atoms with Gasteiger partial charge in [-0.2, -0.15) is 0 Å². The Morgan fingerprint density at radius 1 is 1.48 bits per heavy atom. The van der Waals surface area contributed by atoms with Crippen LogP contribution < -0.4 is 5.73 Å². The number of carboxylic acid groups (broad SMARTS) is 1. The summed E-state index contributed by atoms with van der Waals surface area (Å²) in [7, 11) is 0. The minimum Gasteiger partial charge on any atom is -0.481 e. The number of allylic oxidation sites excluding steroid dienone is 1. The minimum absolute atomic E-state index is 0.0389. The molecule has 0 fully saturated rings. The van der Waals surface area contributed by atoms with Crippen LogP contribution in [0, 0.1) is 5.92 Å². The van der Waals surface area contributed by atoms with E-state index in [4.69, 9.17) is 15.9 Å². The molecule has 132 valence electrons. The Balaban J connectivity index is 2.62. The molecule has 1 rings (SSSR count). The normalized spacial score (nSPS) is 21.2. The fraction of sp³-hybridized carbons (Fsp3) is 0.733. The molecule has 6 N–H and O–H groups in total. The summed E-state index contributed by atoms with van der Waals surface area (Å²) in [6.45, 7) is 2.19. The van der Waals surface area contributed by atoms with E-state index in [1.165, 1.54) is 0 Å². The highest BCUT2D eigenvalue weighted by molar-refractivity contribution is 5.81. The molecule has 3 unspecified atom stereocenters. The number of rotatable bonds is 10. The molecule has 8 heteroatoms. The van der Waals surface area contributed by atoms with E-state index >= 15 is 0 Å². The van der Waals surface area contributed by atoms with Gasteiger partial charge in [0.25, 0.3) is 0 Å². The van der Waals surface area contributed by atoms with Crippen molar-refractivity contribution < 1.29 is 25.2 Å². The summed E-state index contributed by atoms with van der Waals surface area (Å²) in [4.78, 5) is 17.4. The molecule has 0 aliphatic carbocycles. The Hall–Kier alpha value is -1.64. The molecule has 3 atom stereocenters. The number of nitrogens with zero attached hydrogens (tertiary/aromatic N) is 2. The number of aliphatic hydroxyl groups is 3. The van der Waals surface area contributed by atoms with E-state index in [0.29, 0.717) is 19.4 Å². The maximum Gasteiger partial charge on any atom is 0.308 e. The predicted octanol–water partition coefficient (Wildman–Crippen LogP) is -0.852. The second-order valence-corrected chi connectivity index (χ2v) is 5.86. The average Bonchev–Trinajstić information content (AvgIpc) is 2.83. The van der Waals surface area contributed by atoms with Crippen molar-refractivity contribution in [2.75, 3.05) is 26.3 Å². The lowest BCUT2D eigenvalue weighted by Gasteiger charge is -2.23. The topological polar surface area (TPSA) is 140 Å². The molecule has 0 aromatic carbocycles. The molecule has 0 spiro atoms. The quantitative estimate of drug-likeness (QED) is 0.329. The molecule has 1 aliphatic rings. The van der Waals surface area contributed by atoms with Crippen molar-refractivity contribution in [1.29, 1.82) is 0 Å². The number of hydrogen-bond acceptors (Lipinski definition) is 7. The maximum atomic E-state index is 11.5. The van der Waals surface area contributed by atoms with Crippen molar-refractivity contribution in [3.8, 4) is 0 Å². The molecule has 1 heterocycles. The molecule has 8 nitrogen and oxygen atoms in total. The van der Waals surface area contributed by atoms with Gasteiger partial charge in [0.15, 0.2) is 5.96 Å². The van der Waals surface area contributed by atoms with E-state index in [1.807, 2.05) is 6.08 Å². The number of aliphatic hydroxyl groups excluding tert-OH is 3. The number of β-amino-alcohol motifs (C(OH)–C–C–N with tert-alkyl or cyclic N) is 1. The van der Waals surface area contributed by atoms with Gasteiger partial charge in [-0.05, 0) is 26.2 Å². The van der Waals surface area contributed by atoms with E-state index in [1.54, 1.807) is 11.8 Å². The van der Waals surface area contributed by atoms with Crippen LogP contribution in [0.3, 0.4) is 0 Å². The van der Waals surface area contributed by atoms with Crippen LogP contribution >= 0.6 is 0 Å². The van der Waals surface area contributed by atoms with Crippen LogP contribution in [-0.2, 0) is 4.79 Å². The fourth-order valence-corrected chi connectivity index (χ4v) is 2.55. The molecule has 0 radical (unpaired) electrons. The first-order chi connectivity index (χ1) is 10.9. The highest BCUT2D eigenvalue weighted by Gasteiger charge is 2.34. The first kappa shape index (κ1) is 19.4. The van der Waals surface area contributed by atoms with Gasteiger partial charge >= 0.3 is 5.97 Å². The lowest BCUT2D eigenvalue weighted by molar-refractivity contribution is -0.142. The van der Waals surface area contributed by atoms with Crippen LogP contribution in [0.25, 0.3) is 0 Å². The van der Waals surface area contributed by atoms with Gasteiger partial charge in [0.2, 0.25) is 0 Å². The highest BCUT2D eigenvalue weighted by Crippen LogP contribution is 2.21. The van der Waals surface area contributed by atoms with Crippen LogP contribution in [0.5, 0.6) is 0 Å². The van der Waals surface area contributed by atoms with Crippen molar-refractivity contribution in [2.45, 2.75) is 38.3 Å². The molecule has 0 saturated carbocycles. The van der Waals surface area contributed by atoms with Gasteiger partial charge in [0.1, 0.15) is 0 Å². The number of hydrogen-bond donors (Lipinski definition) is 5. The second kappa shape index (κ2) is 9.49. The Bertz CT molecular complexity index is 452. The summed E-state index contributed by atoms with van der Waals surface area (Å²) in [6.07, 6.45) is 2.28. The van der Waals surface area contributed by atoms with Gasteiger partial charge in [0.05, 0.1) is 24.7 Å². The molecule has 0 aromatic rings. The molecule has 0 aromatic heterocycles. The number of carboxylic acids is 1. The van der Waals surface area contributed by atoms with Crippen molar-refractivity contribution in [2.24, 2.45) is 16.6 Å². The monoisotopic (exact) mass is 329 g/mol. The zero-order valence-electron chi connectivity index (χ0n) is 13.4. The van der Waals surface area contributed by atoms with Gasteiger partial charge < -0.3 is 31.1 Å². The third kappa shape index (κ3) is 6.17. The summed E-state index contributed by atoms with van der Waals surface area (Å²) in [5.41, 5.74) is 6.62. The van der Waals surface area contributed by atoms with E-state index in [9.17, 15) is 15.0 Å². The number of guanidine groups is 1. The highest BCUT2D eigenvalue weighted by atomic mass is 16.4. The third-order valence-electron chi connectivity index (χ3n) is 3.92. The smallest absolute Gasteiger partial charge is 0.308 e. The Morgan fingerprint density at radius 3 is 2.74 bits per heavy atom. The van der Waals surface area contributed by atoms with Crippen LogP contribution in [0.15, 0.2) is 16.6 Å². The molecule has 23 heavy (non-hydrogen) atoms. The largest absolute Gasteiger partial charge is 0.481 e. The van der Waals surface area contributed by atoms with Crippen LogP contribution in [0.2, 0.25) is 0 Å². The summed E-state index contributed by atoms with van der Waals surface area (Å²) in [6, 6.07) is -0.461. The summed E-state index contributed by atoms with van der Waals surface area (Å²) >= 11 is 0. The second-order valence-electron chi connectivity index (χ2n) is 5.86. The van der Waals surface area contributed by atoms with Crippen LogP contribution in [0.1, 0.15) is 26.2 Å². The number of carbonyl (C=O) groups is 1. The Kier molecular flexibility index (Phi) is 8.01. The zero-order chi connectivity index (χ0) is 17.4.